The van der Waals surface area contributed by atoms with E-state index in [0.29, 0.717) is 30.9 Å². The van der Waals surface area contributed by atoms with E-state index in [0.717, 1.165) is 22.4 Å². The summed E-state index contributed by atoms with van der Waals surface area (Å²) in [5, 5.41) is 13.9. The number of thiophene rings is 1. The number of aryl methyl sites for hydroxylation is 1. The molecule has 0 aliphatic heterocycles. The van der Waals surface area contributed by atoms with Crippen molar-refractivity contribution in [1.29, 1.82) is 5.26 Å². The summed E-state index contributed by atoms with van der Waals surface area (Å²) in [5.74, 6) is -0.110. The molecule has 0 aliphatic carbocycles. The van der Waals surface area contributed by atoms with Crippen molar-refractivity contribution in [3.8, 4) is 6.07 Å². The fourth-order valence-corrected chi connectivity index (χ4v) is 4.35. The first-order valence-corrected chi connectivity index (χ1v) is 11.8. The van der Waals surface area contributed by atoms with Crippen LogP contribution in [0.4, 0.5) is 10.5 Å². The summed E-state index contributed by atoms with van der Waals surface area (Å²) in [6.07, 6.45) is 0.724. The van der Waals surface area contributed by atoms with E-state index in [4.69, 9.17) is 5.26 Å². The van der Waals surface area contributed by atoms with E-state index in [1.54, 1.807) is 40.5 Å². The molecular formula is C26H28N4O2S. The number of anilines is 1. The van der Waals surface area contributed by atoms with E-state index in [1.807, 2.05) is 49.6 Å². The highest BCUT2D eigenvalue weighted by Gasteiger charge is 2.22. The standard InChI is InChI=1S/C26H28N4O2S/c1-3-13-29(26(32)28-23-11-7-10-22(15-23)16-27)19-25(31)30(17-21-8-5-4-6-9-21)18-24-20(2)12-14-33-24/h4-12,14-15H,3,13,17-19H2,1-2H3,(H,28,32). The van der Waals surface area contributed by atoms with E-state index >= 15 is 0 Å². The van der Waals surface area contributed by atoms with E-state index in [-0.39, 0.29) is 18.5 Å². The monoisotopic (exact) mass is 460 g/mol. The number of nitriles is 1. The van der Waals surface area contributed by atoms with Gasteiger partial charge in [0.1, 0.15) is 6.54 Å². The Morgan fingerprint density at radius 2 is 1.82 bits per heavy atom. The van der Waals surface area contributed by atoms with E-state index < -0.39 is 0 Å². The lowest BCUT2D eigenvalue weighted by molar-refractivity contribution is -0.133. The molecule has 33 heavy (non-hydrogen) atoms. The van der Waals surface area contributed by atoms with Crippen LogP contribution in [0.25, 0.3) is 0 Å². The Morgan fingerprint density at radius 1 is 1.03 bits per heavy atom. The molecule has 0 atom stereocenters. The Balaban J connectivity index is 1.75. The number of nitrogens with one attached hydrogen (secondary N) is 1. The molecule has 0 radical (unpaired) electrons. The van der Waals surface area contributed by atoms with Gasteiger partial charge in [-0.2, -0.15) is 5.26 Å². The maximum atomic E-state index is 13.4. The Kier molecular flexibility index (Phi) is 8.62. The van der Waals surface area contributed by atoms with Crippen LogP contribution in [0.1, 0.15) is 34.9 Å². The lowest BCUT2D eigenvalue weighted by atomic mass is 10.2. The number of urea groups is 1. The van der Waals surface area contributed by atoms with E-state index in [1.165, 1.54) is 4.90 Å². The van der Waals surface area contributed by atoms with Gasteiger partial charge in [0.25, 0.3) is 0 Å². The number of carbonyl (C=O) groups excluding carboxylic acids is 2. The third-order valence-corrected chi connectivity index (χ3v) is 6.23. The van der Waals surface area contributed by atoms with E-state index in [9.17, 15) is 9.59 Å². The van der Waals surface area contributed by atoms with Gasteiger partial charge >= 0.3 is 6.03 Å². The molecule has 0 aliphatic rings. The average molecular weight is 461 g/mol. The van der Waals surface area contributed by atoms with Gasteiger partial charge in [0.15, 0.2) is 0 Å². The molecule has 3 amide bonds. The molecule has 3 rings (SSSR count). The van der Waals surface area contributed by atoms with Crippen LogP contribution in [-0.2, 0) is 17.9 Å². The summed E-state index contributed by atoms with van der Waals surface area (Å²) in [6.45, 7) is 5.43. The third-order valence-electron chi connectivity index (χ3n) is 5.22. The fourth-order valence-electron chi connectivity index (χ4n) is 3.43. The molecule has 0 unspecified atom stereocenters. The molecule has 1 heterocycles. The second-order valence-electron chi connectivity index (χ2n) is 7.81. The van der Waals surface area contributed by atoms with Crippen LogP contribution in [-0.4, -0.2) is 34.8 Å². The predicted octanol–water partition coefficient (Wildman–Crippen LogP) is 5.40. The molecule has 0 saturated carbocycles. The molecule has 0 saturated heterocycles. The summed E-state index contributed by atoms with van der Waals surface area (Å²) in [4.78, 5) is 30.8. The Labute approximate surface area is 199 Å². The van der Waals surface area contributed by atoms with Crippen LogP contribution >= 0.6 is 11.3 Å². The molecule has 6 nitrogen and oxygen atoms in total. The molecule has 0 fully saturated rings. The maximum absolute atomic E-state index is 13.4. The smallest absolute Gasteiger partial charge is 0.322 e. The lowest BCUT2D eigenvalue weighted by Crippen LogP contribution is -2.44. The lowest BCUT2D eigenvalue weighted by Gasteiger charge is -2.28. The second kappa shape index (κ2) is 11.8. The largest absolute Gasteiger partial charge is 0.332 e. The minimum atomic E-state index is -0.354. The second-order valence-corrected chi connectivity index (χ2v) is 8.81. The zero-order valence-corrected chi connectivity index (χ0v) is 19.8. The molecular weight excluding hydrogens is 432 g/mol. The first kappa shape index (κ1) is 24.0. The highest BCUT2D eigenvalue weighted by atomic mass is 32.1. The minimum Gasteiger partial charge on any atom is -0.332 e. The molecule has 2 aromatic carbocycles. The summed E-state index contributed by atoms with van der Waals surface area (Å²) in [6, 6.07) is 20.4. The zero-order valence-electron chi connectivity index (χ0n) is 19.0. The normalized spacial score (nSPS) is 10.3. The van der Waals surface area contributed by atoms with Crippen LogP contribution in [0.2, 0.25) is 0 Å². The number of hydrogen-bond acceptors (Lipinski definition) is 4. The Morgan fingerprint density at radius 3 is 2.48 bits per heavy atom. The van der Waals surface area contributed by atoms with Crippen molar-refractivity contribution in [3.05, 3.63) is 87.6 Å². The van der Waals surface area contributed by atoms with Gasteiger partial charge < -0.3 is 15.1 Å². The summed E-state index contributed by atoms with van der Waals surface area (Å²) in [5.41, 5.74) is 3.19. The predicted molar refractivity (Wildman–Crippen MR) is 132 cm³/mol. The Hall–Kier alpha value is -3.63. The maximum Gasteiger partial charge on any atom is 0.322 e. The molecule has 0 bridgehead atoms. The first-order chi connectivity index (χ1) is 16.0. The van der Waals surface area contributed by atoms with E-state index in [2.05, 4.69) is 17.5 Å². The first-order valence-electron chi connectivity index (χ1n) is 10.9. The molecule has 0 spiro atoms. The average Bonchev–Trinajstić information content (AvgIpc) is 3.23. The van der Waals surface area contributed by atoms with Gasteiger partial charge in [0.05, 0.1) is 18.2 Å². The van der Waals surface area contributed by atoms with Gasteiger partial charge in [-0.25, -0.2) is 4.79 Å². The van der Waals surface area contributed by atoms with Crippen molar-refractivity contribution in [2.24, 2.45) is 0 Å². The van der Waals surface area contributed by atoms with Crippen LogP contribution in [0, 0.1) is 18.3 Å². The molecule has 170 valence electrons. The molecule has 7 heteroatoms. The van der Waals surface area contributed by atoms with Crippen LogP contribution < -0.4 is 5.32 Å². The number of carbonyl (C=O) groups is 2. The van der Waals surface area contributed by atoms with Gasteiger partial charge in [-0.1, -0.05) is 43.3 Å². The van der Waals surface area contributed by atoms with Gasteiger partial charge in [0, 0.05) is 23.7 Å². The topological polar surface area (TPSA) is 76.4 Å². The van der Waals surface area contributed by atoms with Crippen LogP contribution in [0.15, 0.2) is 66.0 Å². The van der Waals surface area contributed by atoms with Crippen molar-refractivity contribution in [2.75, 3.05) is 18.4 Å². The summed E-state index contributed by atoms with van der Waals surface area (Å²) >= 11 is 1.63. The molecule has 1 aromatic heterocycles. The molecule has 1 N–H and O–H groups in total. The van der Waals surface area contributed by atoms with Gasteiger partial charge in [0.2, 0.25) is 5.91 Å². The van der Waals surface area contributed by atoms with Crippen molar-refractivity contribution in [3.63, 3.8) is 0 Å². The number of amides is 3. The number of hydrogen-bond donors (Lipinski definition) is 1. The fraction of sp³-hybridized carbons (Fsp3) is 0.269. The summed E-state index contributed by atoms with van der Waals surface area (Å²) in [7, 11) is 0. The quantitative estimate of drug-likeness (QED) is 0.464. The van der Waals surface area contributed by atoms with Crippen LogP contribution in [0.3, 0.4) is 0 Å². The van der Waals surface area contributed by atoms with Gasteiger partial charge in [-0.3, -0.25) is 4.79 Å². The third kappa shape index (κ3) is 6.93. The number of rotatable bonds is 9. The van der Waals surface area contributed by atoms with Crippen molar-refractivity contribution in [1.82, 2.24) is 9.80 Å². The molecule has 3 aromatic rings. The zero-order chi connectivity index (χ0) is 23.6. The van der Waals surface area contributed by atoms with Crippen molar-refractivity contribution >= 4 is 29.0 Å². The van der Waals surface area contributed by atoms with Gasteiger partial charge in [-0.05, 0) is 54.1 Å². The van der Waals surface area contributed by atoms with Gasteiger partial charge in [-0.15, -0.1) is 11.3 Å². The summed E-state index contributed by atoms with van der Waals surface area (Å²) < 4.78 is 0. The Bertz CT molecular complexity index is 1120. The van der Waals surface area contributed by atoms with Crippen LogP contribution in [0.5, 0.6) is 0 Å². The highest BCUT2D eigenvalue weighted by Crippen LogP contribution is 2.20. The highest BCUT2D eigenvalue weighted by molar-refractivity contribution is 7.10. The van der Waals surface area contributed by atoms with Crippen molar-refractivity contribution < 1.29 is 9.59 Å². The number of benzene rings is 2. The SMILES string of the molecule is CCCN(CC(=O)N(Cc1ccccc1)Cc1sccc1C)C(=O)Nc1cccc(C#N)c1. The minimum absolute atomic E-state index is 0.0190. The van der Waals surface area contributed by atoms with Crippen molar-refractivity contribution in [2.45, 2.75) is 33.4 Å². The number of nitrogens with zero attached hydrogens (tertiary/aromatic N) is 3.